The summed E-state index contributed by atoms with van der Waals surface area (Å²) in [5.74, 6) is -0.0372. The van der Waals surface area contributed by atoms with Crippen molar-refractivity contribution >= 4 is 38.6 Å². The molecule has 3 rings (SSSR count). The summed E-state index contributed by atoms with van der Waals surface area (Å²) in [5, 5.41) is 0. The summed E-state index contributed by atoms with van der Waals surface area (Å²) in [6.07, 6.45) is 5.15. The monoisotopic (exact) mass is 200 g/mol. The van der Waals surface area contributed by atoms with Crippen LogP contribution in [0.3, 0.4) is 0 Å². The van der Waals surface area contributed by atoms with Crippen LogP contribution in [-0.2, 0) is 4.79 Å². The minimum absolute atomic E-state index is 0.0372. The molecule has 0 fully saturated rings. The smallest absolute Gasteiger partial charge is 0.185 e. The molecule has 0 N–H and O–H groups in total. The van der Waals surface area contributed by atoms with E-state index in [2.05, 4.69) is 0 Å². The zero-order valence-electron chi connectivity index (χ0n) is 8.53. The number of carbonyl (C=O) groups excluding carboxylic acids is 1. The molecule has 0 atom stereocenters. The van der Waals surface area contributed by atoms with Crippen LogP contribution in [0.25, 0.3) is 11.6 Å². The second-order valence-electron chi connectivity index (χ2n) is 3.97. The van der Waals surface area contributed by atoms with Crippen LogP contribution in [0, 0.1) is 0 Å². The average Bonchev–Trinajstić information content (AvgIpc) is 2.57. The van der Waals surface area contributed by atoms with Gasteiger partial charge in [-0.1, -0.05) is 35.2 Å². The fourth-order valence-corrected chi connectivity index (χ4v) is 2.11. The van der Waals surface area contributed by atoms with E-state index in [0.29, 0.717) is 16.5 Å². The van der Waals surface area contributed by atoms with Gasteiger partial charge in [0, 0.05) is 5.57 Å². The maximum Gasteiger partial charge on any atom is 0.185 e. The van der Waals surface area contributed by atoms with E-state index in [1.165, 1.54) is 6.08 Å². The van der Waals surface area contributed by atoms with Crippen LogP contribution in [0.2, 0.25) is 0 Å². The van der Waals surface area contributed by atoms with Gasteiger partial charge in [0.25, 0.3) is 0 Å². The molecule has 0 bridgehead atoms. The Hall–Kier alpha value is -1.76. The zero-order chi connectivity index (χ0) is 11.3. The van der Waals surface area contributed by atoms with Crippen molar-refractivity contribution in [3.05, 3.63) is 52.5 Å². The Bertz CT molecular complexity index is 606. The van der Waals surface area contributed by atoms with Crippen LogP contribution in [0.4, 0.5) is 0 Å². The lowest BCUT2D eigenvalue weighted by molar-refractivity contribution is -0.110. The number of hydrogen-bond donors (Lipinski definition) is 0. The number of hydrogen-bond acceptors (Lipinski definition) is 1. The molecule has 0 aliphatic heterocycles. The molecule has 1 aromatic rings. The minimum atomic E-state index is -0.0372. The molecule has 0 heterocycles. The summed E-state index contributed by atoms with van der Waals surface area (Å²) in [5.41, 5.74) is 4.77. The summed E-state index contributed by atoms with van der Waals surface area (Å²) in [4.78, 5) is 11.7. The van der Waals surface area contributed by atoms with Gasteiger partial charge in [0.2, 0.25) is 0 Å². The van der Waals surface area contributed by atoms with Crippen LogP contribution >= 0.6 is 0 Å². The second kappa shape index (κ2) is 3.11. The van der Waals surface area contributed by atoms with E-state index in [1.807, 2.05) is 30.4 Å². The average molecular weight is 200 g/mol. The molecule has 2 aliphatic rings. The van der Waals surface area contributed by atoms with E-state index < -0.39 is 0 Å². The van der Waals surface area contributed by atoms with Gasteiger partial charge in [0.15, 0.2) is 5.78 Å². The molecule has 0 spiro atoms. The fraction of sp³-hybridized carbons (Fsp3) is 0. The number of allylic oxidation sites excluding steroid dienone is 5. The molecule has 0 amide bonds. The Morgan fingerprint density at radius 1 is 0.938 bits per heavy atom. The van der Waals surface area contributed by atoms with Gasteiger partial charge in [0.1, 0.15) is 15.7 Å². The van der Waals surface area contributed by atoms with Crippen molar-refractivity contribution in [3.63, 3.8) is 0 Å². The van der Waals surface area contributed by atoms with Crippen molar-refractivity contribution in [2.45, 2.75) is 0 Å². The second-order valence-corrected chi connectivity index (χ2v) is 3.97. The number of rotatable bonds is 0. The molecular weight excluding hydrogens is 194 g/mol. The van der Waals surface area contributed by atoms with Crippen LogP contribution in [0.5, 0.6) is 0 Å². The van der Waals surface area contributed by atoms with Gasteiger partial charge in [-0.2, -0.15) is 0 Å². The van der Waals surface area contributed by atoms with Crippen molar-refractivity contribution < 1.29 is 4.79 Å². The lowest BCUT2D eigenvalue weighted by atomic mass is 9.83. The number of benzene rings is 1. The summed E-state index contributed by atoms with van der Waals surface area (Å²) >= 11 is 0. The zero-order valence-corrected chi connectivity index (χ0v) is 8.53. The molecule has 0 saturated heterocycles. The van der Waals surface area contributed by atoms with Crippen molar-refractivity contribution in [2.75, 3.05) is 0 Å². The van der Waals surface area contributed by atoms with Crippen LogP contribution in [0.15, 0.2) is 41.4 Å². The quantitative estimate of drug-likeness (QED) is 0.568. The van der Waals surface area contributed by atoms with Crippen LogP contribution < -0.4 is 5.46 Å². The first kappa shape index (κ1) is 9.46. The van der Waals surface area contributed by atoms with Gasteiger partial charge in [-0.3, -0.25) is 4.79 Å². The molecule has 1 aromatic carbocycles. The van der Waals surface area contributed by atoms with Crippen molar-refractivity contribution in [1.82, 2.24) is 0 Å². The molecule has 3 heteroatoms. The van der Waals surface area contributed by atoms with Gasteiger partial charge in [-0.15, -0.1) is 0 Å². The third-order valence-electron chi connectivity index (χ3n) is 2.83. The first-order valence-corrected chi connectivity index (χ1v) is 5.00. The molecule has 2 aliphatic carbocycles. The third kappa shape index (κ3) is 1.25. The lowest BCUT2D eigenvalue weighted by Crippen LogP contribution is -2.06. The summed E-state index contributed by atoms with van der Waals surface area (Å²) in [7, 11) is 11.4. The maximum absolute atomic E-state index is 11.7. The Labute approximate surface area is 96.4 Å². The van der Waals surface area contributed by atoms with E-state index in [-0.39, 0.29) is 5.78 Å². The van der Waals surface area contributed by atoms with Crippen molar-refractivity contribution in [3.8, 4) is 0 Å². The number of ketones is 1. The highest BCUT2D eigenvalue weighted by atomic mass is 16.1. The topological polar surface area (TPSA) is 17.1 Å². The van der Waals surface area contributed by atoms with Crippen molar-refractivity contribution in [1.29, 1.82) is 0 Å². The van der Waals surface area contributed by atoms with Crippen molar-refractivity contribution in [2.24, 2.45) is 0 Å². The molecule has 0 aromatic heterocycles. The minimum Gasteiger partial charge on any atom is -0.289 e. The van der Waals surface area contributed by atoms with Crippen LogP contribution in [0.1, 0.15) is 11.1 Å². The van der Waals surface area contributed by atoms with E-state index in [9.17, 15) is 4.79 Å². The van der Waals surface area contributed by atoms with E-state index >= 15 is 0 Å². The summed E-state index contributed by atoms with van der Waals surface area (Å²) < 4.78 is 0. The first-order valence-electron chi connectivity index (χ1n) is 5.00. The standard InChI is InChI=1S/C13H6B2O/c14-8-2-1-7-3-12-11(10(7)4-8)5-9(15)6-13(12)16/h1-6H. The molecule has 4 radical (unpaired) electrons. The summed E-state index contributed by atoms with van der Waals surface area (Å²) in [6.45, 7) is 0. The maximum atomic E-state index is 11.7. The summed E-state index contributed by atoms with van der Waals surface area (Å²) in [6, 6.07) is 5.62. The van der Waals surface area contributed by atoms with Gasteiger partial charge in [-0.05, 0) is 28.9 Å². The molecule has 1 nitrogen and oxygen atoms in total. The highest BCUT2D eigenvalue weighted by molar-refractivity contribution is 6.35. The molecule has 0 saturated carbocycles. The van der Waals surface area contributed by atoms with Gasteiger partial charge in [0.05, 0.1) is 0 Å². The fourth-order valence-electron chi connectivity index (χ4n) is 2.11. The highest BCUT2D eigenvalue weighted by Gasteiger charge is 2.25. The highest BCUT2D eigenvalue weighted by Crippen LogP contribution is 2.38. The number of fused-ring (bicyclic) bond motifs is 3. The molecular formula is C13H6B2O. The van der Waals surface area contributed by atoms with Gasteiger partial charge < -0.3 is 0 Å². The molecule has 0 unspecified atom stereocenters. The predicted molar refractivity (Wildman–Crippen MR) is 66.6 cm³/mol. The SMILES string of the molecule is [B]C1=CC(=O)C2=Cc3ccc([B])cc3C2=C1. The largest absolute Gasteiger partial charge is 0.289 e. The lowest BCUT2D eigenvalue weighted by Gasteiger charge is -2.11. The Kier molecular flexibility index (Phi) is 1.84. The van der Waals surface area contributed by atoms with E-state index in [4.69, 9.17) is 15.7 Å². The van der Waals surface area contributed by atoms with Gasteiger partial charge in [-0.25, -0.2) is 0 Å². The number of carbonyl (C=O) groups is 1. The normalized spacial score (nSPS) is 17.2. The third-order valence-corrected chi connectivity index (χ3v) is 2.83. The molecule has 16 heavy (non-hydrogen) atoms. The van der Waals surface area contributed by atoms with E-state index in [1.54, 1.807) is 0 Å². The Morgan fingerprint density at radius 3 is 2.56 bits per heavy atom. The van der Waals surface area contributed by atoms with Crippen LogP contribution in [-0.4, -0.2) is 21.5 Å². The first-order chi connectivity index (χ1) is 7.65. The van der Waals surface area contributed by atoms with E-state index in [0.717, 1.165) is 16.7 Å². The van der Waals surface area contributed by atoms with Gasteiger partial charge >= 0.3 is 0 Å². The Morgan fingerprint density at radius 2 is 1.75 bits per heavy atom. The Balaban J connectivity index is 2.26. The molecule has 70 valence electrons. The predicted octanol–water partition coefficient (Wildman–Crippen LogP) is 0.896.